The van der Waals surface area contributed by atoms with E-state index >= 15 is 0 Å². The third-order valence-electron chi connectivity index (χ3n) is 4.36. The maximum atomic E-state index is 12.5. The third-order valence-corrected chi connectivity index (χ3v) is 4.36. The number of hydrogen-bond donors (Lipinski definition) is 2. The van der Waals surface area contributed by atoms with Crippen LogP contribution >= 0.6 is 0 Å². The van der Waals surface area contributed by atoms with Crippen molar-refractivity contribution in [3.8, 4) is 5.75 Å². The molecule has 1 aliphatic heterocycles. The van der Waals surface area contributed by atoms with Crippen molar-refractivity contribution in [2.45, 2.75) is 32.2 Å². The molecule has 0 aromatic heterocycles. The lowest BCUT2D eigenvalue weighted by molar-refractivity contribution is -0.152. The van der Waals surface area contributed by atoms with Crippen LogP contribution in [0.1, 0.15) is 18.9 Å². The Morgan fingerprint density at radius 2 is 1.85 bits per heavy atom. The van der Waals surface area contributed by atoms with E-state index in [1.165, 1.54) is 0 Å². The minimum atomic E-state index is -1.04. The Bertz CT molecular complexity index is 777. The van der Waals surface area contributed by atoms with Crippen molar-refractivity contribution < 1.29 is 24.2 Å². The van der Waals surface area contributed by atoms with Crippen LogP contribution in [0.15, 0.2) is 54.6 Å². The number of carbonyl (C=O) groups is 2. The number of ether oxygens (including phenoxy) is 2. The van der Waals surface area contributed by atoms with Gasteiger partial charge in [0, 0.05) is 11.3 Å². The first kappa shape index (κ1) is 17.9. The number of carboxylic acids is 1. The number of carboxylic acid groups (broad SMARTS) is 1. The minimum absolute atomic E-state index is 0.208. The molecule has 2 aromatic rings. The summed E-state index contributed by atoms with van der Waals surface area (Å²) in [5.41, 5.74) is 1.45. The summed E-state index contributed by atoms with van der Waals surface area (Å²) in [4.78, 5) is 23.6. The summed E-state index contributed by atoms with van der Waals surface area (Å²) in [6.45, 7) is 2.08. The number of benzene rings is 2. The zero-order valence-electron chi connectivity index (χ0n) is 14.4. The topological polar surface area (TPSA) is 84.9 Å². The highest BCUT2D eigenvalue weighted by molar-refractivity contribution is 5.95. The smallest absolute Gasteiger partial charge is 0.333 e. The average Bonchev–Trinajstić information content (AvgIpc) is 3.04. The SMILES string of the molecule is C[C@@H]1C[C@H](C(=O)Nc2ccccc2COc2ccccc2)O[C@H]1C(=O)O. The van der Waals surface area contributed by atoms with Gasteiger partial charge in [0.1, 0.15) is 18.5 Å². The Morgan fingerprint density at radius 1 is 1.15 bits per heavy atom. The summed E-state index contributed by atoms with van der Waals surface area (Å²) in [7, 11) is 0. The standard InChI is InChI=1S/C20H21NO5/c1-13-11-17(26-18(13)20(23)24)19(22)21-16-10-6-5-7-14(16)12-25-15-8-3-2-4-9-15/h2-10,13,17-18H,11-12H2,1H3,(H,21,22)(H,23,24)/t13-,17-,18-/m1/s1. The van der Waals surface area contributed by atoms with Gasteiger partial charge in [-0.1, -0.05) is 43.3 Å². The molecule has 1 heterocycles. The van der Waals surface area contributed by atoms with E-state index in [2.05, 4.69) is 5.32 Å². The fraction of sp³-hybridized carbons (Fsp3) is 0.300. The molecule has 0 radical (unpaired) electrons. The van der Waals surface area contributed by atoms with E-state index < -0.39 is 18.2 Å². The van der Waals surface area contributed by atoms with E-state index in [0.717, 1.165) is 11.3 Å². The van der Waals surface area contributed by atoms with E-state index in [1.807, 2.05) is 48.5 Å². The first-order valence-corrected chi connectivity index (χ1v) is 8.49. The second-order valence-corrected chi connectivity index (χ2v) is 6.34. The van der Waals surface area contributed by atoms with Gasteiger partial charge in [0.15, 0.2) is 6.10 Å². The summed E-state index contributed by atoms with van der Waals surface area (Å²) < 4.78 is 11.1. The molecule has 3 atom stereocenters. The molecule has 1 saturated heterocycles. The number of para-hydroxylation sites is 2. The number of nitrogens with one attached hydrogen (secondary N) is 1. The van der Waals surface area contributed by atoms with Gasteiger partial charge >= 0.3 is 5.97 Å². The predicted molar refractivity (Wildman–Crippen MR) is 95.9 cm³/mol. The highest BCUT2D eigenvalue weighted by Gasteiger charge is 2.40. The maximum Gasteiger partial charge on any atom is 0.333 e. The summed E-state index contributed by atoms with van der Waals surface area (Å²) in [6.07, 6.45) is -1.33. The molecule has 2 aromatic carbocycles. The van der Waals surface area contributed by atoms with Gasteiger partial charge in [0.2, 0.25) is 0 Å². The second kappa shape index (κ2) is 8.01. The van der Waals surface area contributed by atoms with Crippen LogP contribution < -0.4 is 10.1 Å². The second-order valence-electron chi connectivity index (χ2n) is 6.34. The predicted octanol–water partition coefficient (Wildman–Crippen LogP) is 3.08. The maximum absolute atomic E-state index is 12.5. The highest BCUT2D eigenvalue weighted by Crippen LogP contribution is 2.28. The number of carbonyl (C=O) groups excluding carboxylic acids is 1. The number of rotatable bonds is 6. The Hall–Kier alpha value is -2.86. The molecule has 136 valence electrons. The van der Waals surface area contributed by atoms with E-state index in [1.54, 1.807) is 13.0 Å². The van der Waals surface area contributed by atoms with Crippen LogP contribution in [-0.2, 0) is 20.9 Å². The van der Waals surface area contributed by atoms with Gasteiger partial charge in [-0.2, -0.15) is 0 Å². The number of hydrogen-bond acceptors (Lipinski definition) is 4. The van der Waals surface area contributed by atoms with Crippen molar-refractivity contribution >= 4 is 17.6 Å². The van der Waals surface area contributed by atoms with Crippen LogP contribution in [0.5, 0.6) is 5.75 Å². The van der Waals surface area contributed by atoms with Gasteiger partial charge in [0.25, 0.3) is 5.91 Å². The van der Waals surface area contributed by atoms with Crippen molar-refractivity contribution in [3.05, 3.63) is 60.2 Å². The van der Waals surface area contributed by atoms with Gasteiger partial charge in [-0.3, -0.25) is 4.79 Å². The molecule has 6 nitrogen and oxygen atoms in total. The van der Waals surface area contributed by atoms with E-state index in [9.17, 15) is 9.59 Å². The lowest BCUT2D eigenvalue weighted by atomic mass is 10.0. The van der Waals surface area contributed by atoms with Crippen molar-refractivity contribution in [3.63, 3.8) is 0 Å². The molecule has 1 amide bonds. The molecular weight excluding hydrogens is 334 g/mol. The quantitative estimate of drug-likeness (QED) is 0.832. The molecule has 0 saturated carbocycles. The Balaban J connectivity index is 1.65. The average molecular weight is 355 g/mol. The lowest BCUT2D eigenvalue weighted by Gasteiger charge is -2.15. The molecule has 26 heavy (non-hydrogen) atoms. The molecule has 3 rings (SSSR count). The van der Waals surface area contributed by atoms with Gasteiger partial charge < -0.3 is 19.9 Å². The molecule has 2 N–H and O–H groups in total. The van der Waals surface area contributed by atoms with E-state index in [-0.39, 0.29) is 11.8 Å². The van der Waals surface area contributed by atoms with Gasteiger partial charge in [-0.25, -0.2) is 4.79 Å². The van der Waals surface area contributed by atoms with Crippen LogP contribution in [0.2, 0.25) is 0 Å². The van der Waals surface area contributed by atoms with Crippen LogP contribution in [0, 0.1) is 5.92 Å². The molecule has 1 aliphatic rings. The fourth-order valence-corrected chi connectivity index (χ4v) is 2.96. The van der Waals surface area contributed by atoms with Crippen LogP contribution in [-0.4, -0.2) is 29.2 Å². The minimum Gasteiger partial charge on any atom is -0.489 e. The molecule has 1 fully saturated rings. The summed E-state index contributed by atoms with van der Waals surface area (Å²) in [5.74, 6) is -0.844. The normalized spacial score (nSPS) is 22.0. The van der Waals surface area contributed by atoms with E-state index in [4.69, 9.17) is 14.6 Å². The first-order chi connectivity index (χ1) is 12.5. The van der Waals surface area contributed by atoms with Gasteiger partial charge in [-0.15, -0.1) is 0 Å². The van der Waals surface area contributed by atoms with E-state index in [0.29, 0.717) is 18.7 Å². The monoisotopic (exact) mass is 355 g/mol. The van der Waals surface area contributed by atoms with Crippen molar-refractivity contribution in [2.24, 2.45) is 5.92 Å². The van der Waals surface area contributed by atoms with Crippen molar-refractivity contribution in [2.75, 3.05) is 5.32 Å². The van der Waals surface area contributed by atoms with Gasteiger partial charge in [-0.05, 0) is 30.5 Å². The van der Waals surface area contributed by atoms with Crippen LogP contribution in [0.25, 0.3) is 0 Å². The summed E-state index contributed by atoms with van der Waals surface area (Å²) in [5, 5.41) is 12.0. The van der Waals surface area contributed by atoms with Gasteiger partial charge in [0.05, 0.1) is 0 Å². The lowest BCUT2D eigenvalue weighted by Crippen LogP contribution is -2.30. The molecule has 0 bridgehead atoms. The summed E-state index contributed by atoms with van der Waals surface area (Å²) in [6, 6.07) is 16.8. The molecular formula is C20H21NO5. The molecule has 0 spiro atoms. The van der Waals surface area contributed by atoms with Crippen LogP contribution in [0.4, 0.5) is 5.69 Å². The number of amides is 1. The zero-order valence-corrected chi connectivity index (χ0v) is 14.4. The Labute approximate surface area is 151 Å². The number of anilines is 1. The summed E-state index contributed by atoms with van der Waals surface area (Å²) >= 11 is 0. The van der Waals surface area contributed by atoms with Crippen molar-refractivity contribution in [1.82, 2.24) is 0 Å². The highest BCUT2D eigenvalue weighted by atomic mass is 16.5. The van der Waals surface area contributed by atoms with Crippen LogP contribution in [0.3, 0.4) is 0 Å². The molecule has 0 unspecified atom stereocenters. The number of aliphatic carboxylic acids is 1. The molecule has 6 heteroatoms. The zero-order chi connectivity index (χ0) is 18.5. The molecule has 0 aliphatic carbocycles. The fourth-order valence-electron chi connectivity index (χ4n) is 2.96. The first-order valence-electron chi connectivity index (χ1n) is 8.49. The Kier molecular flexibility index (Phi) is 5.53. The third kappa shape index (κ3) is 4.21. The van der Waals surface area contributed by atoms with Crippen molar-refractivity contribution in [1.29, 1.82) is 0 Å². The largest absolute Gasteiger partial charge is 0.489 e. The Morgan fingerprint density at radius 3 is 2.54 bits per heavy atom.